The maximum Gasteiger partial charge on any atom is 0.244 e. The van der Waals surface area contributed by atoms with Gasteiger partial charge in [-0.3, -0.25) is 9.59 Å². The molecule has 0 atom stereocenters. The van der Waals surface area contributed by atoms with Crippen molar-refractivity contribution < 1.29 is 9.59 Å². The number of carbonyl (C=O) groups excluding carboxylic acids is 2. The van der Waals surface area contributed by atoms with Crippen molar-refractivity contribution in [3.05, 3.63) is 58.7 Å². The van der Waals surface area contributed by atoms with Gasteiger partial charge in [0.05, 0.1) is 0 Å². The molecule has 0 aromatic heterocycles. The van der Waals surface area contributed by atoms with Crippen molar-refractivity contribution in [3.63, 3.8) is 0 Å². The van der Waals surface area contributed by atoms with Gasteiger partial charge in [-0.05, 0) is 68.1 Å². The number of hydrogen-bond donors (Lipinski definition) is 1. The minimum absolute atomic E-state index is 0.00832. The van der Waals surface area contributed by atoms with Crippen LogP contribution in [-0.2, 0) is 9.59 Å². The zero-order valence-corrected chi connectivity index (χ0v) is 14.9. The largest absolute Gasteiger partial charge is 0.324 e. The van der Waals surface area contributed by atoms with E-state index in [2.05, 4.69) is 5.32 Å². The zero-order chi connectivity index (χ0) is 17.9. The Balaban J connectivity index is 2.20. The molecular formula is C20H24N2O2. The second-order valence-electron chi connectivity index (χ2n) is 6.25. The van der Waals surface area contributed by atoms with E-state index in [1.807, 2.05) is 64.1 Å². The van der Waals surface area contributed by atoms with Crippen molar-refractivity contribution in [2.45, 2.75) is 34.6 Å². The third-order valence-corrected chi connectivity index (χ3v) is 4.08. The normalized spacial score (nSPS) is 10.4. The molecule has 2 aromatic rings. The van der Waals surface area contributed by atoms with Crippen LogP contribution in [0, 0.1) is 27.7 Å². The Labute approximate surface area is 143 Å². The molecule has 2 amide bonds. The number of hydrogen-bond acceptors (Lipinski definition) is 2. The van der Waals surface area contributed by atoms with Crippen LogP contribution in [-0.4, -0.2) is 18.4 Å². The molecule has 4 nitrogen and oxygen atoms in total. The lowest BCUT2D eigenvalue weighted by molar-refractivity contribution is -0.120. The van der Waals surface area contributed by atoms with E-state index in [-0.39, 0.29) is 18.4 Å². The molecule has 2 rings (SSSR count). The van der Waals surface area contributed by atoms with E-state index >= 15 is 0 Å². The summed E-state index contributed by atoms with van der Waals surface area (Å²) in [5, 5.41) is 2.90. The smallest absolute Gasteiger partial charge is 0.244 e. The molecule has 0 aliphatic carbocycles. The van der Waals surface area contributed by atoms with Crippen molar-refractivity contribution in [2.24, 2.45) is 0 Å². The number of aryl methyl sites for hydroxylation is 3. The average Bonchev–Trinajstić information content (AvgIpc) is 2.48. The Hall–Kier alpha value is -2.62. The highest BCUT2D eigenvalue weighted by molar-refractivity contribution is 6.02. The van der Waals surface area contributed by atoms with Crippen LogP contribution in [0.3, 0.4) is 0 Å². The third-order valence-electron chi connectivity index (χ3n) is 4.08. The van der Waals surface area contributed by atoms with E-state index in [0.717, 1.165) is 33.6 Å². The Morgan fingerprint density at radius 1 is 1.00 bits per heavy atom. The van der Waals surface area contributed by atoms with Crippen LogP contribution in [0.1, 0.15) is 29.2 Å². The molecule has 0 unspecified atom stereocenters. The van der Waals surface area contributed by atoms with Gasteiger partial charge in [-0.1, -0.05) is 18.2 Å². The number of nitrogens with one attached hydrogen (secondary N) is 1. The topological polar surface area (TPSA) is 49.4 Å². The van der Waals surface area contributed by atoms with Crippen LogP contribution >= 0.6 is 0 Å². The summed E-state index contributed by atoms with van der Waals surface area (Å²) in [4.78, 5) is 26.0. The van der Waals surface area contributed by atoms with Gasteiger partial charge in [-0.2, -0.15) is 0 Å². The summed E-state index contributed by atoms with van der Waals surface area (Å²) in [5.41, 5.74) is 5.80. The highest BCUT2D eigenvalue weighted by atomic mass is 16.2. The van der Waals surface area contributed by atoms with Crippen molar-refractivity contribution in [2.75, 3.05) is 16.8 Å². The molecule has 0 fully saturated rings. The molecule has 0 bridgehead atoms. The van der Waals surface area contributed by atoms with E-state index in [1.54, 1.807) is 0 Å². The highest BCUT2D eigenvalue weighted by Crippen LogP contribution is 2.20. The third kappa shape index (κ3) is 4.22. The number of rotatable bonds is 4. The maximum atomic E-state index is 12.4. The van der Waals surface area contributed by atoms with Crippen LogP contribution in [0.15, 0.2) is 36.4 Å². The highest BCUT2D eigenvalue weighted by Gasteiger charge is 2.17. The minimum atomic E-state index is -0.210. The standard InChI is InChI=1S/C20H24N2O2/c1-13-9-14(2)11-18(10-13)22(17(5)23)12-20(24)21-19-8-6-7-15(3)16(19)4/h6-11H,12H2,1-5H3,(H,21,24). The first-order valence-electron chi connectivity index (χ1n) is 8.00. The quantitative estimate of drug-likeness (QED) is 0.927. The van der Waals surface area contributed by atoms with Gasteiger partial charge in [0.25, 0.3) is 0 Å². The molecule has 0 aliphatic heterocycles. The van der Waals surface area contributed by atoms with Crippen molar-refractivity contribution in [3.8, 4) is 0 Å². The van der Waals surface area contributed by atoms with E-state index in [1.165, 1.54) is 11.8 Å². The number of anilines is 2. The van der Waals surface area contributed by atoms with Gasteiger partial charge >= 0.3 is 0 Å². The predicted molar refractivity (Wildman–Crippen MR) is 98.5 cm³/mol. The van der Waals surface area contributed by atoms with Crippen LogP contribution in [0.4, 0.5) is 11.4 Å². The SMILES string of the molecule is CC(=O)N(CC(=O)Nc1cccc(C)c1C)c1cc(C)cc(C)c1. The fraction of sp³-hybridized carbons (Fsp3) is 0.300. The van der Waals surface area contributed by atoms with Gasteiger partial charge in [0.15, 0.2) is 0 Å². The lowest BCUT2D eigenvalue weighted by atomic mass is 10.1. The van der Waals surface area contributed by atoms with Crippen LogP contribution in [0.5, 0.6) is 0 Å². The predicted octanol–water partition coefficient (Wildman–Crippen LogP) is 3.91. The van der Waals surface area contributed by atoms with Gasteiger partial charge in [-0.15, -0.1) is 0 Å². The van der Waals surface area contributed by atoms with Crippen molar-refractivity contribution >= 4 is 23.2 Å². The fourth-order valence-corrected chi connectivity index (χ4v) is 2.71. The minimum Gasteiger partial charge on any atom is -0.324 e. The first-order valence-corrected chi connectivity index (χ1v) is 8.00. The fourth-order valence-electron chi connectivity index (χ4n) is 2.71. The molecular weight excluding hydrogens is 300 g/mol. The molecule has 4 heteroatoms. The van der Waals surface area contributed by atoms with E-state index in [9.17, 15) is 9.59 Å². The molecule has 0 spiro atoms. The van der Waals surface area contributed by atoms with Crippen LogP contribution < -0.4 is 10.2 Å². The molecule has 0 aliphatic rings. The lowest BCUT2D eigenvalue weighted by Crippen LogP contribution is -2.36. The van der Waals surface area contributed by atoms with E-state index in [4.69, 9.17) is 0 Å². The van der Waals surface area contributed by atoms with Crippen molar-refractivity contribution in [1.29, 1.82) is 0 Å². The Morgan fingerprint density at radius 2 is 1.62 bits per heavy atom. The lowest BCUT2D eigenvalue weighted by Gasteiger charge is -2.22. The summed E-state index contributed by atoms with van der Waals surface area (Å²) >= 11 is 0. The van der Waals surface area contributed by atoms with E-state index < -0.39 is 0 Å². The number of benzene rings is 2. The first-order chi connectivity index (χ1) is 11.3. The summed E-state index contributed by atoms with van der Waals surface area (Å²) in [6.07, 6.45) is 0. The molecule has 1 N–H and O–H groups in total. The monoisotopic (exact) mass is 324 g/mol. The second-order valence-corrected chi connectivity index (χ2v) is 6.25. The Kier molecular flexibility index (Phi) is 5.39. The maximum absolute atomic E-state index is 12.4. The molecule has 0 saturated heterocycles. The molecule has 0 heterocycles. The summed E-state index contributed by atoms with van der Waals surface area (Å²) in [5.74, 6) is -0.367. The first kappa shape index (κ1) is 17.7. The Morgan fingerprint density at radius 3 is 2.21 bits per heavy atom. The summed E-state index contributed by atoms with van der Waals surface area (Å²) in [6.45, 7) is 9.39. The summed E-state index contributed by atoms with van der Waals surface area (Å²) in [6, 6.07) is 11.7. The van der Waals surface area contributed by atoms with Crippen LogP contribution in [0.2, 0.25) is 0 Å². The van der Waals surface area contributed by atoms with Gasteiger partial charge in [-0.25, -0.2) is 0 Å². The zero-order valence-electron chi connectivity index (χ0n) is 14.9. The Bertz CT molecular complexity index is 761. The van der Waals surface area contributed by atoms with Crippen LogP contribution in [0.25, 0.3) is 0 Å². The molecule has 126 valence electrons. The molecule has 24 heavy (non-hydrogen) atoms. The number of carbonyl (C=O) groups is 2. The molecule has 2 aromatic carbocycles. The summed E-state index contributed by atoms with van der Waals surface area (Å²) < 4.78 is 0. The second kappa shape index (κ2) is 7.30. The van der Waals surface area contributed by atoms with Gasteiger partial charge in [0, 0.05) is 18.3 Å². The summed E-state index contributed by atoms with van der Waals surface area (Å²) in [7, 11) is 0. The number of nitrogens with zero attached hydrogens (tertiary/aromatic N) is 1. The van der Waals surface area contributed by atoms with Gasteiger partial charge in [0.2, 0.25) is 11.8 Å². The average molecular weight is 324 g/mol. The molecule has 0 saturated carbocycles. The van der Waals surface area contributed by atoms with Crippen molar-refractivity contribution in [1.82, 2.24) is 0 Å². The van der Waals surface area contributed by atoms with Gasteiger partial charge < -0.3 is 10.2 Å². The molecule has 0 radical (unpaired) electrons. The van der Waals surface area contributed by atoms with E-state index in [0.29, 0.717) is 0 Å². The van der Waals surface area contributed by atoms with Gasteiger partial charge in [0.1, 0.15) is 6.54 Å². The number of amides is 2.